The molecule has 0 spiro atoms. The minimum atomic E-state index is 0.00765. The molecule has 0 N–H and O–H groups in total. The van der Waals surface area contributed by atoms with E-state index in [4.69, 9.17) is 11.6 Å². The summed E-state index contributed by atoms with van der Waals surface area (Å²) in [5.41, 5.74) is 7.73. The molecule has 5 rings (SSSR count). The van der Waals surface area contributed by atoms with E-state index in [9.17, 15) is 0 Å². The molecule has 0 atom stereocenters. The lowest BCUT2D eigenvalue weighted by Crippen LogP contribution is -2.14. The molecule has 26 heavy (non-hydrogen) atoms. The van der Waals surface area contributed by atoms with Crippen LogP contribution in [-0.2, 0) is 5.41 Å². The Labute approximate surface area is 159 Å². The van der Waals surface area contributed by atoms with Crippen LogP contribution in [0.2, 0.25) is 5.02 Å². The van der Waals surface area contributed by atoms with Gasteiger partial charge in [-0.1, -0.05) is 80.0 Å². The van der Waals surface area contributed by atoms with Crippen molar-refractivity contribution in [3.8, 4) is 22.3 Å². The van der Waals surface area contributed by atoms with Gasteiger partial charge in [0.15, 0.2) is 0 Å². The number of benzene rings is 4. The average molecular weight is 355 g/mol. The molecule has 0 aliphatic heterocycles. The fourth-order valence-corrected chi connectivity index (χ4v) is 4.55. The Bertz CT molecular complexity index is 1170. The SMILES string of the molecule is CC1(C)c2ccc(-c3ccccc3Cl)cc2-c2cc3ccccc3cc21. The van der Waals surface area contributed by atoms with Crippen molar-refractivity contribution >= 4 is 22.4 Å². The second-order valence-electron chi connectivity index (χ2n) is 7.61. The summed E-state index contributed by atoms with van der Waals surface area (Å²) in [5.74, 6) is 0. The lowest BCUT2D eigenvalue weighted by Gasteiger charge is -2.22. The first kappa shape index (κ1) is 15.7. The monoisotopic (exact) mass is 354 g/mol. The summed E-state index contributed by atoms with van der Waals surface area (Å²) >= 11 is 6.44. The van der Waals surface area contributed by atoms with Crippen molar-refractivity contribution in [1.29, 1.82) is 0 Å². The highest BCUT2D eigenvalue weighted by Gasteiger charge is 2.35. The molecule has 0 amide bonds. The van der Waals surface area contributed by atoms with Crippen LogP contribution >= 0.6 is 11.6 Å². The molecular formula is C25H19Cl. The topological polar surface area (TPSA) is 0 Å². The van der Waals surface area contributed by atoms with Crippen LogP contribution in [0.5, 0.6) is 0 Å². The minimum Gasteiger partial charge on any atom is -0.0837 e. The second kappa shape index (κ2) is 5.46. The fourth-order valence-electron chi connectivity index (χ4n) is 4.30. The van der Waals surface area contributed by atoms with Crippen LogP contribution in [0, 0.1) is 0 Å². The molecule has 0 saturated heterocycles. The largest absolute Gasteiger partial charge is 0.0837 e. The van der Waals surface area contributed by atoms with Gasteiger partial charge in [-0.05, 0) is 62.9 Å². The number of fused-ring (bicyclic) bond motifs is 4. The Morgan fingerprint density at radius 3 is 2.04 bits per heavy atom. The van der Waals surface area contributed by atoms with E-state index < -0.39 is 0 Å². The number of halogens is 1. The minimum absolute atomic E-state index is 0.00765. The number of hydrogen-bond donors (Lipinski definition) is 0. The molecule has 1 aliphatic carbocycles. The zero-order chi connectivity index (χ0) is 17.9. The zero-order valence-corrected chi connectivity index (χ0v) is 15.6. The predicted molar refractivity (Wildman–Crippen MR) is 112 cm³/mol. The van der Waals surface area contributed by atoms with Crippen LogP contribution < -0.4 is 0 Å². The Balaban J connectivity index is 1.79. The fraction of sp³-hybridized carbons (Fsp3) is 0.120. The van der Waals surface area contributed by atoms with Gasteiger partial charge >= 0.3 is 0 Å². The van der Waals surface area contributed by atoms with E-state index in [2.05, 4.69) is 74.5 Å². The van der Waals surface area contributed by atoms with Crippen molar-refractivity contribution in [2.24, 2.45) is 0 Å². The van der Waals surface area contributed by atoms with E-state index in [0.717, 1.165) is 10.6 Å². The predicted octanol–water partition coefficient (Wildman–Crippen LogP) is 7.47. The summed E-state index contributed by atoms with van der Waals surface area (Å²) in [6.45, 7) is 4.64. The van der Waals surface area contributed by atoms with Gasteiger partial charge in [0.25, 0.3) is 0 Å². The van der Waals surface area contributed by atoms with E-state index in [1.165, 1.54) is 38.6 Å². The molecule has 4 aromatic carbocycles. The molecule has 0 bridgehead atoms. The van der Waals surface area contributed by atoms with Crippen molar-refractivity contribution in [2.45, 2.75) is 19.3 Å². The Kier molecular flexibility index (Phi) is 3.29. The van der Waals surface area contributed by atoms with Crippen LogP contribution in [0.3, 0.4) is 0 Å². The smallest absolute Gasteiger partial charge is 0.0484 e. The molecule has 1 aliphatic rings. The normalized spacial score (nSPS) is 14.3. The van der Waals surface area contributed by atoms with E-state index in [1.54, 1.807) is 0 Å². The van der Waals surface area contributed by atoms with Crippen molar-refractivity contribution in [2.75, 3.05) is 0 Å². The number of hydrogen-bond acceptors (Lipinski definition) is 0. The van der Waals surface area contributed by atoms with Crippen LogP contribution in [0.4, 0.5) is 0 Å². The quantitative estimate of drug-likeness (QED) is 0.332. The third-order valence-electron chi connectivity index (χ3n) is 5.73. The molecule has 0 aromatic heterocycles. The molecular weight excluding hydrogens is 336 g/mol. The van der Waals surface area contributed by atoms with Gasteiger partial charge in [-0.15, -0.1) is 0 Å². The standard InChI is InChI=1S/C25H19Cl/c1-25(2)22-12-11-18(19-9-5-6-10-24(19)26)14-20(22)21-13-16-7-3-4-8-17(16)15-23(21)25/h3-15H,1-2H3. The highest BCUT2D eigenvalue weighted by atomic mass is 35.5. The second-order valence-corrected chi connectivity index (χ2v) is 8.02. The molecule has 126 valence electrons. The zero-order valence-electron chi connectivity index (χ0n) is 14.9. The van der Waals surface area contributed by atoms with E-state index in [-0.39, 0.29) is 5.41 Å². The summed E-state index contributed by atoms with van der Waals surface area (Å²) in [6.07, 6.45) is 0. The summed E-state index contributed by atoms with van der Waals surface area (Å²) in [7, 11) is 0. The third-order valence-corrected chi connectivity index (χ3v) is 6.06. The van der Waals surface area contributed by atoms with Crippen LogP contribution in [-0.4, -0.2) is 0 Å². The maximum absolute atomic E-state index is 6.44. The van der Waals surface area contributed by atoms with E-state index >= 15 is 0 Å². The number of rotatable bonds is 1. The maximum Gasteiger partial charge on any atom is 0.0484 e. The lowest BCUT2D eigenvalue weighted by molar-refractivity contribution is 0.661. The Morgan fingerprint density at radius 1 is 0.615 bits per heavy atom. The molecule has 0 unspecified atom stereocenters. The van der Waals surface area contributed by atoms with Gasteiger partial charge in [0.05, 0.1) is 0 Å². The molecule has 0 saturated carbocycles. The molecule has 0 fully saturated rings. The summed E-state index contributed by atoms with van der Waals surface area (Å²) in [6, 6.07) is 28.2. The van der Waals surface area contributed by atoms with Gasteiger partial charge in [0.2, 0.25) is 0 Å². The van der Waals surface area contributed by atoms with Gasteiger partial charge in [-0.2, -0.15) is 0 Å². The highest BCUT2D eigenvalue weighted by Crippen LogP contribution is 2.50. The summed E-state index contributed by atoms with van der Waals surface area (Å²) < 4.78 is 0. The Morgan fingerprint density at radius 2 is 1.27 bits per heavy atom. The molecule has 0 nitrogen and oxygen atoms in total. The van der Waals surface area contributed by atoms with Gasteiger partial charge in [0.1, 0.15) is 0 Å². The highest BCUT2D eigenvalue weighted by molar-refractivity contribution is 6.33. The molecule has 1 heteroatoms. The lowest BCUT2D eigenvalue weighted by atomic mass is 9.81. The molecule has 0 heterocycles. The summed E-state index contributed by atoms with van der Waals surface area (Å²) in [5, 5.41) is 3.39. The first-order chi connectivity index (χ1) is 12.6. The summed E-state index contributed by atoms with van der Waals surface area (Å²) in [4.78, 5) is 0. The van der Waals surface area contributed by atoms with Crippen LogP contribution in [0.1, 0.15) is 25.0 Å². The van der Waals surface area contributed by atoms with Gasteiger partial charge in [0, 0.05) is 16.0 Å². The van der Waals surface area contributed by atoms with Crippen molar-refractivity contribution < 1.29 is 0 Å². The van der Waals surface area contributed by atoms with E-state index in [1.807, 2.05) is 18.2 Å². The van der Waals surface area contributed by atoms with Gasteiger partial charge < -0.3 is 0 Å². The molecule has 0 radical (unpaired) electrons. The van der Waals surface area contributed by atoms with Crippen LogP contribution in [0.15, 0.2) is 78.9 Å². The first-order valence-corrected chi connectivity index (χ1v) is 9.36. The van der Waals surface area contributed by atoms with Crippen molar-refractivity contribution in [3.05, 3.63) is 95.0 Å². The van der Waals surface area contributed by atoms with Crippen LogP contribution in [0.25, 0.3) is 33.0 Å². The molecule has 4 aromatic rings. The van der Waals surface area contributed by atoms with Crippen molar-refractivity contribution in [1.82, 2.24) is 0 Å². The van der Waals surface area contributed by atoms with Gasteiger partial charge in [-0.25, -0.2) is 0 Å². The first-order valence-electron chi connectivity index (χ1n) is 8.99. The van der Waals surface area contributed by atoms with Gasteiger partial charge in [-0.3, -0.25) is 0 Å². The average Bonchev–Trinajstić information content (AvgIpc) is 2.87. The Hall–Kier alpha value is -2.57. The van der Waals surface area contributed by atoms with Crippen molar-refractivity contribution in [3.63, 3.8) is 0 Å². The maximum atomic E-state index is 6.44. The third kappa shape index (κ3) is 2.15. The van der Waals surface area contributed by atoms with E-state index in [0.29, 0.717) is 0 Å².